The topological polar surface area (TPSA) is 24.1 Å². The minimum absolute atomic E-state index is 0.900. The van der Waals surface area contributed by atoms with E-state index in [4.69, 9.17) is 0 Å². The van der Waals surface area contributed by atoms with Gasteiger partial charge >= 0.3 is 0 Å². The zero-order chi connectivity index (χ0) is 17.5. The Morgan fingerprint density at radius 2 is 1.35 bits per heavy atom. The van der Waals surface area contributed by atoms with Crippen molar-refractivity contribution in [1.29, 1.82) is 0 Å². The molecule has 1 saturated carbocycles. The van der Waals surface area contributed by atoms with Crippen LogP contribution in [0.3, 0.4) is 0 Å². The van der Waals surface area contributed by atoms with Gasteiger partial charge in [-0.3, -0.25) is 10.9 Å². The van der Waals surface area contributed by atoms with Crippen LogP contribution in [-0.2, 0) is 0 Å². The Morgan fingerprint density at radius 3 is 2.04 bits per heavy atom. The van der Waals surface area contributed by atoms with Gasteiger partial charge in [-0.25, -0.2) is 0 Å². The molecule has 1 aliphatic carbocycles. The van der Waals surface area contributed by atoms with Crippen LogP contribution < -0.4 is 10.9 Å². The van der Waals surface area contributed by atoms with E-state index in [-0.39, 0.29) is 0 Å². The Bertz CT molecular complexity index is 234. The van der Waals surface area contributed by atoms with Crippen LogP contribution in [0.4, 0.5) is 0 Å². The van der Waals surface area contributed by atoms with Gasteiger partial charge in [-0.2, -0.15) is 0 Å². The van der Waals surface area contributed by atoms with Crippen molar-refractivity contribution < 1.29 is 0 Å². The van der Waals surface area contributed by atoms with Gasteiger partial charge < -0.3 is 0 Å². The molecule has 140 valence electrons. The summed E-state index contributed by atoms with van der Waals surface area (Å²) < 4.78 is 0. The van der Waals surface area contributed by atoms with Gasteiger partial charge in [-0.15, -0.1) is 0 Å². The van der Waals surface area contributed by atoms with E-state index >= 15 is 0 Å². The third-order valence-electron chi connectivity index (χ3n) is 5.46. The second-order valence-corrected chi connectivity index (χ2v) is 7.18. The van der Waals surface area contributed by atoms with E-state index < -0.39 is 0 Å². The lowest BCUT2D eigenvalue weighted by atomic mass is 9.73. The van der Waals surface area contributed by atoms with Crippen LogP contribution >= 0.6 is 0 Å². The van der Waals surface area contributed by atoms with Crippen LogP contribution in [0.2, 0.25) is 0 Å². The molecule has 0 radical (unpaired) electrons. The second kappa shape index (κ2) is 15.4. The van der Waals surface area contributed by atoms with Crippen LogP contribution in [0.25, 0.3) is 0 Å². The minimum atomic E-state index is 0.900. The fraction of sp³-hybridized carbons (Fsp3) is 1.00. The molecular formula is C21H46N2. The third-order valence-corrected chi connectivity index (χ3v) is 5.46. The fourth-order valence-corrected chi connectivity index (χ4v) is 4.35. The van der Waals surface area contributed by atoms with Gasteiger partial charge in [0.1, 0.15) is 0 Å². The Labute approximate surface area is 147 Å². The Morgan fingerprint density at radius 1 is 0.696 bits per heavy atom. The minimum Gasteiger partial charge on any atom is -0.258 e. The van der Waals surface area contributed by atoms with Crippen molar-refractivity contribution in [2.45, 2.75) is 99.3 Å². The highest BCUT2D eigenvalue weighted by molar-refractivity contribution is 4.80. The van der Waals surface area contributed by atoms with Gasteiger partial charge in [-0.1, -0.05) is 73.6 Å². The summed E-state index contributed by atoms with van der Waals surface area (Å²) in [5, 5.41) is 0. The van der Waals surface area contributed by atoms with Gasteiger partial charge in [0.15, 0.2) is 0 Å². The van der Waals surface area contributed by atoms with Crippen molar-refractivity contribution in [3.63, 3.8) is 0 Å². The summed E-state index contributed by atoms with van der Waals surface area (Å²) in [4.78, 5) is 0. The fourth-order valence-electron chi connectivity index (χ4n) is 4.35. The first-order valence-corrected chi connectivity index (χ1v) is 10.7. The molecule has 2 N–H and O–H groups in total. The molecule has 0 bridgehead atoms. The molecule has 2 fully saturated rings. The van der Waals surface area contributed by atoms with Gasteiger partial charge in [0.25, 0.3) is 0 Å². The first-order valence-electron chi connectivity index (χ1n) is 10.7. The smallest absolute Gasteiger partial charge is 0.0131 e. The van der Waals surface area contributed by atoms with Gasteiger partial charge in [-0.05, 0) is 49.4 Å². The van der Waals surface area contributed by atoms with Crippen LogP contribution in [-0.4, -0.2) is 13.1 Å². The number of hydrogen-bond acceptors (Lipinski definition) is 2. The SMILES string of the molecule is CC.CC.CC1CCCCCCC(C2CCCNNC2)C(C)C1. The highest BCUT2D eigenvalue weighted by Crippen LogP contribution is 2.35. The first kappa shape index (κ1) is 22.9. The molecule has 4 unspecified atom stereocenters. The summed E-state index contributed by atoms with van der Waals surface area (Å²) >= 11 is 0. The highest BCUT2D eigenvalue weighted by Gasteiger charge is 2.28. The van der Waals surface area contributed by atoms with Gasteiger partial charge in [0.05, 0.1) is 0 Å². The zero-order valence-electron chi connectivity index (χ0n) is 17.1. The number of rotatable bonds is 1. The lowest BCUT2D eigenvalue weighted by molar-refractivity contribution is 0.174. The maximum atomic E-state index is 3.44. The molecule has 0 spiro atoms. The average Bonchev–Trinajstić information content (AvgIpc) is 2.86. The van der Waals surface area contributed by atoms with Crippen LogP contribution in [0.1, 0.15) is 99.3 Å². The quantitative estimate of drug-likeness (QED) is 0.601. The maximum absolute atomic E-state index is 3.44. The standard InChI is InChI=1S/C17H34N2.2C2H6/c1-14-8-5-3-4-6-10-17(15(2)12-14)16-9-7-11-18-19-13-16;2*1-2/h14-19H,3-13H2,1-2H3;2*1-2H3. The highest BCUT2D eigenvalue weighted by atomic mass is 15.3. The van der Waals surface area contributed by atoms with Crippen LogP contribution in [0.15, 0.2) is 0 Å². The van der Waals surface area contributed by atoms with Crippen molar-refractivity contribution in [2.75, 3.05) is 13.1 Å². The molecule has 2 rings (SSSR count). The van der Waals surface area contributed by atoms with E-state index in [2.05, 4.69) is 24.7 Å². The van der Waals surface area contributed by atoms with E-state index in [1.165, 1.54) is 64.3 Å². The molecule has 1 saturated heterocycles. The molecule has 0 aromatic rings. The van der Waals surface area contributed by atoms with Crippen LogP contribution in [0.5, 0.6) is 0 Å². The largest absolute Gasteiger partial charge is 0.258 e. The zero-order valence-corrected chi connectivity index (χ0v) is 17.1. The monoisotopic (exact) mass is 326 g/mol. The normalized spacial score (nSPS) is 33.1. The Balaban J connectivity index is 0.00000112. The molecule has 1 aliphatic heterocycles. The molecule has 2 heteroatoms. The van der Waals surface area contributed by atoms with Crippen molar-refractivity contribution in [3.8, 4) is 0 Å². The second-order valence-electron chi connectivity index (χ2n) is 7.18. The van der Waals surface area contributed by atoms with E-state index in [0.717, 1.165) is 30.2 Å². The number of hydrazine groups is 1. The molecule has 23 heavy (non-hydrogen) atoms. The molecular weight excluding hydrogens is 280 g/mol. The van der Waals surface area contributed by atoms with E-state index in [1.54, 1.807) is 0 Å². The molecule has 2 aliphatic rings. The first-order chi connectivity index (χ1) is 11.3. The molecule has 1 heterocycles. The van der Waals surface area contributed by atoms with Crippen molar-refractivity contribution in [3.05, 3.63) is 0 Å². The number of nitrogens with one attached hydrogen (secondary N) is 2. The molecule has 0 aromatic carbocycles. The van der Waals surface area contributed by atoms with Gasteiger partial charge in [0, 0.05) is 13.1 Å². The summed E-state index contributed by atoms with van der Waals surface area (Å²) in [6.07, 6.45) is 13.0. The summed E-state index contributed by atoms with van der Waals surface area (Å²) in [5.74, 6) is 3.70. The summed E-state index contributed by atoms with van der Waals surface area (Å²) in [7, 11) is 0. The molecule has 0 amide bonds. The molecule has 4 atom stereocenters. The third kappa shape index (κ3) is 9.72. The van der Waals surface area contributed by atoms with Crippen molar-refractivity contribution in [2.24, 2.45) is 23.7 Å². The average molecular weight is 327 g/mol. The van der Waals surface area contributed by atoms with E-state index in [1.807, 2.05) is 27.7 Å². The summed E-state index contributed by atoms with van der Waals surface area (Å²) in [6.45, 7) is 15.3. The Kier molecular flexibility index (Phi) is 15.4. The summed E-state index contributed by atoms with van der Waals surface area (Å²) in [6, 6.07) is 0. The maximum Gasteiger partial charge on any atom is 0.0131 e. The van der Waals surface area contributed by atoms with Gasteiger partial charge in [0.2, 0.25) is 0 Å². The van der Waals surface area contributed by atoms with Crippen LogP contribution in [0, 0.1) is 23.7 Å². The van der Waals surface area contributed by atoms with E-state index in [0.29, 0.717) is 0 Å². The van der Waals surface area contributed by atoms with Crippen molar-refractivity contribution >= 4 is 0 Å². The predicted molar refractivity (Wildman–Crippen MR) is 106 cm³/mol. The number of hydrogen-bond donors (Lipinski definition) is 2. The summed E-state index contributed by atoms with van der Waals surface area (Å²) in [5.41, 5.74) is 6.78. The predicted octanol–water partition coefficient (Wildman–Crippen LogP) is 6.18. The van der Waals surface area contributed by atoms with E-state index in [9.17, 15) is 0 Å². The molecule has 2 nitrogen and oxygen atoms in total. The lowest BCUT2D eigenvalue weighted by Gasteiger charge is -2.33. The Hall–Kier alpha value is -0.0800. The lowest BCUT2D eigenvalue weighted by Crippen LogP contribution is -2.36. The van der Waals surface area contributed by atoms with Crippen molar-refractivity contribution in [1.82, 2.24) is 10.9 Å². The molecule has 0 aromatic heterocycles.